The minimum Gasteiger partial charge on any atom is -0.359 e. The Kier molecular flexibility index (Phi) is 2.76. The maximum atomic E-state index is 9.22. The number of anilines is 1. The van der Waals surface area contributed by atoms with Crippen LogP contribution in [0, 0.1) is 11.3 Å². The SMILES string of the molecule is CC1C=CC(C)N1c1ccc(C#N)c2ccccc12. The van der Waals surface area contributed by atoms with Gasteiger partial charge in [0, 0.05) is 28.5 Å². The molecule has 1 aliphatic heterocycles. The van der Waals surface area contributed by atoms with Gasteiger partial charge in [0.2, 0.25) is 0 Å². The highest BCUT2D eigenvalue weighted by atomic mass is 15.2. The molecule has 0 aromatic heterocycles. The van der Waals surface area contributed by atoms with Crippen LogP contribution in [0.5, 0.6) is 0 Å². The van der Waals surface area contributed by atoms with Crippen molar-refractivity contribution < 1.29 is 0 Å². The lowest BCUT2D eigenvalue weighted by molar-refractivity contribution is 0.730. The van der Waals surface area contributed by atoms with Gasteiger partial charge in [-0.05, 0) is 26.0 Å². The third-order valence-electron chi connectivity index (χ3n) is 3.85. The van der Waals surface area contributed by atoms with E-state index < -0.39 is 0 Å². The second kappa shape index (κ2) is 4.44. The van der Waals surface area contributed by atoms with Crippen LogP contribution in [-0.4, -0.2) is 12.1 Å². The van der Waals surface area contributed by atoms with E-state index >= 15 is 0 Å². The molecule has 0 radical (unpaired) electrons. The first kappa shape index (κ1) is 11.8. The highest BCUT2D eigenvalue weighted by Gasteiger charge is 2.24. The number of nitrogens with zero attached hydrogens (tertiary/aromatic N) is 2. The molecule has 0 N–H and O–H groups in total. The zero-order chi connectivity index (χ0) is 13.4. The molecule has 0 amide bonds. The summed E-state index contributed by atoms with van der Waals surface area (Å²) < 4.78 is 0. The van der Waals surface area contributed by atoms with Gasteiger partial charge in [-0.2, -0.15) is 5.26 Å². The number of rotatable bonds is 1. The van der Waals surface area contributed by atoms with Crippen molar-refractivity contribution in [1.29, 1.82) is 5.26 Å². The van der Waals surface area contributed by atoms with Gasteiger partial charge in [-0.1, -0.05) is 36.4 Å². The molecular formula is C17H16N2. The van der Waals surface area contributed by atoms with E-state index in [-0.39, 0.29) is 0 Å². The minimum atomic E-state index is 0.395. The summed E-state index contributed by atoms with van der Waals surface area (Å²) in [5.74, 6) is 0. The van der Waals surface area contributed by atoms with Crippen LogP contribution in [0.2, 0.25) is 0 Å². The van der Waals surface area contributed by atoms with Crippen molar-refractivity contribution in [3.05, 3.63) is 54.1 Å². The Bertz CT molecular complexity index is 682. The summed E-state index contributed by atoms with van der Waals surface area (Å²) in [6.07, 6.45) is 4.47. The molecule has 0 bridgehead atoms. The number of hydrogen-bond donors (Lipinski definition) is 0. The molecule has 1 aliphatic rings. The summed E-state index contributed by atoms with van der Waals surface area (Å²) in [5, 5.41) is 11.4. The van der Waals surface area contributed by atoms with Crippen molar-refractivity contribution >= 4 is 16.5 Å². The molecule has 2 aromatic rings. The van der Waals surface area contributed by atoms with E-state index in [1.165, 1.54) is 5.69 Å². The molecule has 0 saturated heterocycles. The standard InChI is InChI=1S/C17H16N2/c1-12-7-8-13(2)19(12)17-10-9-14(11-18)15-5-3-4-6-16(15)17/h3-10,12-13H,1-2H3. The summed E-state index contributed by atoms with van der Waals surface area (Å²) >= 11 is 0. The van der Waals surface area contributed by atoms with Gasteiger partial charge in [-0.25, -0.2) is 0 Å². The first-order valence-electron chi connectivity index (χ1n) is 6.61. The summed E-state index contributed by atoms with van der Waals surface area (Å²) in [6, 6.07) is 15.2. The van der Waals surface area contributed by atoms with Crippen molar-refractivity contribution in [3.8, 4) is 6.07 Å². The second-order valence-electron chi connectivity index (χ2n) is 5.06. The van der Waals surface area contributed by atoms with E-state index in [1.807, 2.05) is 24.3 Å². The lowest BCUT2D eigenvalue weighted by atomic mass is 10.0. The van der Waals surface area contributed by atoms with Crippen LogP contribution in [0.4, 0.5) is 5.69 Å². The highest BCUT2D eigenvalue weighted by Crippen LogP contribution is 2.34. The fourth-order valence-corrected chi connectivity index (χ4v) is 2.92. The van der Waals surface area contributed by atoms with E-state index in [4.69, 9.17) is 0 Å². The first-order valence-corrected chi connectivity index (χ1v) is 6.61. The van der Waals surface area contributed by atoms with Crippen LogP contribution < -0.4 is 4.90 Å². The monoisotopic (exact) mass is 248 g/mol. The molecule has 19 heavy (non-hydrogen) atoms. The summed E-state index contributed by atoms with van der Waals surface area (Å²) in [7, 11) is 0. The summed E-state index contributed by atoms with van der Waals surface area (Å²) in [4.78, 5) is 2.39. The Morgan fingerprint density at radius 3 is 2.21 bits per heavy atom. The second-order valence-corrected chi connectivity index (χ2v) is 5.06. The predicted octanol–water partition coefficient (Wildman–Crippen LogP) is 3.86. The van der Waals surface area contributed by atoms with E-state index in [0.717, 1.165) is 16.3 Å². The van der Waals surface area contributed by atoms with Gasteiger partial charge in [0.05, 0.1) is 11.6 Å². The third-order valence-corrected chi connectivity index (χ3v) is 3.85. The normalized spacial score (nSPS) is 21.8. The smallest absolute Gasteiger partial charge is 0.0998 e. The third kappa shape index (κ3) is 1.79. The van der Waals surface area contributed by atoms with Gasteiger partial charge in [0.15, 0.2) is 0 Å². The molecule has 1 heterocycles. The Balaban J connectivity index is 2.24. The average molecular weight is 248 g/mol. The van der Waals surface area contributed by atoms with Crippen LogP contribution >= 0.6 is 0 Å². The van der Waals surface area contributed by atoms with Crippen LogP contribution in [-0.2, 0) is 0 Å². The van der Waals surface area contributed by atoms with Crippen molar-refractivity contribution in [2.75, 3.05) is 4.90 Å². The predicted molar refractivity (Wildman–Crippen MR) is 79.2 cm³/mol. The molecule has 0 aliphatic carbocycles. The highest BCUT2D eigenvalue weighted by molar-refractivity contribution is 5.98. The Hall–Kier alpha value is -2.27. The molecule has 2 atom stereocenters. The quantitative estimate of drug-likeness (QED) is 0.716. The molecule has 94 valence electrons. The van der Waals surface area contributed by atoms with Gasteiger partial charge < -0.3 is 4.90 Å². The molecule has 2 aromatic carbocycles. The van der Waals surface area contributed by atoms with Gasteiger partial charge in [-0.15, -0.1) is 0 Å². The zero-order valence-electron chi connectivity index (χ0n) is 11.2. The molecule has 0 saturated carbocycles. The summed E-state index contributed by atoms with van der Waals surface area (Å²) in [6.45, 7) is 4.40. The lowest BCUT2D eigenvalue weighted by Gasteiger charge is -2.30. The maximum absolute atomic E-state index is 9.22. The van der Waals surface area contributed by atoms with Crippen LogP contribution in [0.15, 0.2) is 48.6 Å². The topological polar surface area (TPSA) is 27.0 Å². The Morgan fingerprint density at radius 2 is 1.58 bits per heavy atom. The van der Waals surface area contributed by atoms with E-state index in [9.17, 15) is 5.26 Å². The van der Waals surface area contributed by atoms with Gasteiger partial charge >= 0.3 is 0 Å². The zero-order valence-corrected chi connectivity index (χ0v) is 11.2. The molecular weight excluding hydrogens is 232 g/mol. The maximum Gasteiger partial charge on any atom is 0.0998 e. The average Bonchev–Trinajstić information content (AvgIpc) is 2.77. The van der Waals surface area contributed by atoms with Crippen LogP contribution in [0.25, 0.3) is 10.8 Å². The van der Waals surface area contributed by atoms with Crippen LogP contribution in [0.3, 0.4) is 0 Å². The largest absolute Gasteiger partial charge is 0.359 e. The first-order chi connectivity index (χ1) is 9.22. The van der Waals surface area contributed by atoms with Gasteiger partial charge in [0.1, 0.15) is 0 Å². The van der Waals surface area contributed by atoms with Crippen molar-refractivity contribution in [2.45, 2.75) is 25.9 Å². The molecule has 2 heteroatoms. The van der Waals surface area contributed by atoms with E-state index in [1.54, 1.807) is 0 Å². The van der Waals surface area contributed by atoms with Crippen LogP contribution in [0.1, 0.15) is 19.4 Å². The molecule has 0 fully saturated rings. The molecule has 2 unspecified atom stereocenters. The van der Waals surface area contributed by atoms with Crippen molar-refractivity contribution in [3.63, 3.8) is 0 Å². The fraction of sp³-hybridized carbons (Fsp3) is 0.235. The number of fused-ring (bicyclic) bond motifs is 1. The Labute approximate surface area is 113 Å². The number of nitriles is 1. The van der Waals surface area contributed by atoms with E-state index in [2.05, 4.69) is 49.1 Å². The minimum absolute atomic E-state index is 0.395. The molecule has 0 spiro atoms. The van der Waals surface area contributed by atoms with Gasteiger partial charge in [-0.3, -0.25) is 0 Å². The molecule has 2 nitrogen and oxygen atoms in total. The summed E-state index contributed by atoms with van der Waals surface area (Å²) in [5.41, 5.74) is 1.95. The number of benzene rings is 2. The number of hydrogen-bond acceptors (Lipinski definition) is 2. The molecule has 3 rings (SSSR count). The lowest BCUT2D eigenvalue weighted by Crippen LogP contribution is -2.33. The Morgan fingerprint density at radius 1 is 0.947 bits per heavy atom. The van der Waals surface area contributed by atoms with Crippen molar-refractivity contribution in [1.82, 2.24) is 0 Å². The van der Waals surface area contributed by atoms with Gasteiger partial charge in [0.25, 0.3) is 0 Å². The van der Waals surface area contributed by atoms with Crippen molar-refractivity contribution in [2.24, 2.45) is 0 Å². The van der Waals surface area contributed by atoms with E-state index in [0.29, 0.717) is 12.1 Å². The fourth-order valence-electron chi connectivity index (χ4n) is 2.92.